The van der Waals surface area contributed by atoms with E-state index in [0.29, 0.717) is 25.8 Å². The molecule has 11 heteroatoms. The van der Waals surface area contributed by atoms with Gasteiger partial charge in [-0.1, -0.05) is 0 Å². The summed E-state index contributed by atoms with van der Waals surface area (Å²) in [7, 11) is 0. The topological polar surface area (TPSA) is 197 Å². The highest BCUT2D eigenvalue weighted by Crippen LogP contribution is 2.18. The largest absolute Gasteiger partial charge is 0.480 e. The molecule has 1 heterocycles. The van der Waals surface area contributed by atoms with Crippen molar-refractivity contribution in [3.63, 3.8) is 0 Å². The van der Waals surface area contributed by atoms with Crippen molar-refractivity contribution in [3.05, 3.63) is 0 Å². The lowest BCUT2D eigenvalue weighted by atomic mass is 10.1. The van der Waals surface area contributed by atoms with Gasteiger partial charge in [-0.15, -0.1) is 0 Å². The number of guanidine groups is 1. The number of carbonyl (C=O) groups is 3. The number of hydrogen-bond donors (Lipinski definition) is 6. The van der Waals surface area contributed by atoms with Crippen molar-refractivity contribution in [3.8, 4) is 0 Å². The highest BCUT2D eigenvalue weighted by molar-refractivity contribution is 5.92. The van der Waals surface area contributed by atoms with E-state index in [2.05, 4.69) is 10.3 Å². The van der Waals surface area contributed by atoms with Crippen LogP contribution in [0.4, 0.5) is 0 Å². The second-order valence-corrected chi connectivity index (χ2v) is 5.83. The van der Waals surface area contributed by atoms with E-state index in [0.717, 1.165) is 4.90 Å². The maximum atomic E-state index is 12.4. The van der Waals surface area contributed by atoms with E-state index < -0.39 is 42.5 Å². The minimum atomic E-state index is -1.23. The second-order valence-electron chi connectivity index (χ2n) is 5.83. The van der Waals surface area contributed by atoms with Gasteiger partial charge in [0.1, 0.15) is 12.1 Å². The number of carbonyl (C=O) groups excluding carboxylic acids is 2. The van der Waals surface area contributed by atoms with Gasteiger partial charge in [0.25, 0.3) is 0 Å². The monoisotopic (exact) mass is 358 g/mol. The number of aliphatic hydroxyl groups excluding tert-OH is 1. The van der Waals surface area contributed by atoms with Gasteiger partial charge in [-0.2, -0.15) is 0 Å². The second kappa shape index (κ2) is 9.79. The third-order valence-electron chi connectivity index (χ3n) is 3.92. The number of nitrogens with zero attached hydrogens (tertiary/aromatic N) is 2. The standard InChI is InChI=1S/C14H26N6O5/c15-8(3-1-5-18-14(16)17)11(22)19-9(7-21)12(23)20-6-2-4-10(20)13(24)25/h8-10,21H,1-7,15H2,(H,19,22)(H,24,25)(H4,16,17,18)/t8-,9-,10+/m0/s1. The maximum Gasteiger partial charge on any atom is 0.326 e. The van der Waals surface area contributed by atoms with Crippen molar-refractivity contribution in [1.82, 2.24) is 10.2 Å². The fourth-order valence-corrected chi connectivity index (χ4v) is 2.60. The molecule has 25 heavy (non-hydrogen) atoms. The number of carboxylic acids is 1. The van der Waals surface area contributed by atoms with Gasteiger partial charge in [0.15, 0.2) is 5.96 Å². The summed E-state index contributed by atoms with van der Waals surface area (Å²) in [4.78, 5) is 40.5. The van der Waals surface area contributed by atoms with E-state index >= 15 is 0 Å². The number of likely N-dealkylation sites (tertiary alicyclic amines) is 1. The van der Waals surface area contributed by atoms with E-state index in [-0.39, 0.29) is 18.9 Å². The molecule has 0 aliphatic carbocycles. The van der Waals surface area contributed by atoms with Gasteiger partial charge >= 0.3 is 5.97 Å². The zero-order valence-electron chi connectivity index (χ0n) is 13.9. The van der Waals surface area contributed by atoms with Gasteiger partial charge in [-0.25, -0.2) is 4.79 Å². The van der Waals surface area contributed by atoms with Crippen LogP contribution in [-0.4, -0.2) is 76.7 Å². The molecule has 0 spiro atoms. The lowest BCUT2D eigenvalue weighted by Crippen LogP contribution is -2.55. The van der Waals surface area contributed by atoms with Gasteiger partial charge < -0.3 is 37.6 Å². The molecule has 1 rings (SSSR count). The molecule has 9 N–H and O–H groups in total. The molecule has 142 valence electrons. The average Bonchev–Trinajstić information content (AvgIpc) is 3.05. The molecule has 0 aromatic heterocycles. The van der Waals surface area contributed by atoms with Crippen LogP contribution in [0.2, 0.25) is 0 Å². The first-order chi connectivity index (χ1) is 11.8. The third-order valence-corrected chi connectivity index (χ3v) is 3.92. The fraction of sp³-hybridized carbons (Fsp3) is 0.714. The summed E-state index contributed by atoms with van der Waals surface area (Å²) in [6.45, 7) is -0.0549. The molecule has 1 aliphatic rings. The first-order valence-electron chi connectivity index (χ1n) is 8.03. The Balaban J connectivity index is 2.56. The van der Waals surface area contributed by atoms with Crippen LogP contribution in [0.5, 0.6) is 0 Å². The Kier molecular flexibility index (Phi) is 8.08. The summed E-state index contributed by atoms with van der Waals surface area (Å²) in [5.74, 6) is -2.40. The smallest absolute Gasteiger partial charge is 0.326 e. The van der Waals surface area contributed by atoms with Crippen LogP contribution >= 0.6 is 0 Å². The Labute approximate surface area is 145 Å². The predicted molar refractivity (Wildman–Crippen MR) is 89.3 cm³/mol. The van der Waals surface area contributed by atoms with E-state index in [1.807, 2.05) is 0 Å². The molecule has 0 aromatic carbocycles. The molecule has 0 saturated carbocycles. The molecule has 0 aromatic rings. The lowest BCUT2D eigenvalue weighted by molar-refractivity contribution is -0.149. The number of nitrogens with one attached hydrogen (secondary N) is 1. The van der Waals surface area contributed by atoms with Crippen molar-refractivity contribution in [2.24, 2.45) is 22.2 Å². The van der Waals surface area contributed by atoms with Crippen LogP contribution in [0.15, 0.2) is 4.99 Å². The van der Waals surface area contributed by atoms with E-state index in [1.165, 1.54) is 0 Å². The number of carboxylic acid groups (broad SMARTS) is 1. The number of amides is 2. The Morgan fingerprint density at radius 3 is 2.56 bits per heavy atom. The van der Waals surface area contributed by atoms with Crippen LogP contribution in [0.25, 0.3) is 0 Å². The minimum absolute atomic E-state index is 0.0532. The summed E-state index contributed by atoms with van der Waals surface area (Å²) in [5.41, 5.74) is 16.1. The maximum absolute atomic E-state index is 12.4. The van der Waals surface area contributed by atoms with Gasteiger partial charge in [-0.05, 0) is 25.7 Å². The fourth-order valence-electron chi connectivity index (χ4n) is 2.60. The van der Waals surface area contributed by atoms with E-state index in [9.17, 15) is 19.5 Å². The molecule has 0 unspecified atom stereocenters. The molecule has 1 aliphatic heterocycles. The molecule has 2 amide bonds. The molecule has 3 atom stereocenters. The van der Waals surface area contributed by atoms with Gasteiger partial charge in [0, 0.05) is 13.1 Å². The van der Waals surface area contributed by atoms with Crippen LogP contribution in [0.1, 0.15) is 25.7 Å². The molecule has 1 saturated heterocycles. The van der Waals surface area contributed by atoms with Gasteiger partial charge in [0.05, 0.1) is 12.6 Å². The van der Waals surface area contributed by atoms with Gasteiger partial charge in [-0.3, -0.25) is 14.6 Å². The Morgan fingerprint density at radius 1 is 1.32 bits per heavy atom. The Morgan fingerprint density at radius 2 is 2.00 bits per heavy atom. The van der Waals surface area contributed by atoms with E-state index in [4.69, 9.17) is 22.3 Å². The normalized spacial score (nSPS) is 19.1. The zero-order chi connectivity index (χ0) is 19.0. The highest BCUT2D eigenvalue weighted by atomic mass is 16.4. The highest BCUT2D eigenvalue weighted by Gasteiger charge is 2.37. The van der Waals surface area contributed by atoms with Crippen LogP contribution in [0.3, 0.4) is 0 Å². The summed E-state index contributed by atoms with van der Waals surface area (Å²) >= 11 is 0. The SMILES string of the molecule is NC(N)=NCCC[C@H](N)C(=O)N[C@@H](CO)C(=O)N1CCC[C@@H]1C(=O)O. The quantitative estimate of drug-likeness (QED) is 0.142. The van der Waals surface area contributed by atoms with Crippen molar-refractivity contribution < 1.29 is 24.6 Å². The average molecular weight is 358 g/mol. The summed E-state index contributed by atoms with van der Waals surface area (Å²) < 4.78 is 0. The first-order valence-corrected chi connectivity index (χ1v) is 8.03. The Bertz CT molecular complexity index is 522. The van der Waals surface area contributed by atoms with Crippen LogP contribution in [-0.2, 0) is 14.4 Å². The summed E-state index contributed by atoms with van der Waals surface area (Å²) in [5, 5.41) is 20.9. The predicted octanol–water partition coefficient (Wildman–Crippen LogP) is -3.08. The lowest BCUT2D eigenvalue weighted by Gasteiger charge is -2.27. The third kappa shape index (κ3) is 6.19. The summed E-state index contributed by atoms with van der Waals surface area (Å²) in [6, 6.07) is -3.06. The van der Waals surface area contributed by atoms with Gasteiger partial charge in [0.2, 0.25) is 11.8 Å². The molecule has 11 nitrogen and oxygen atoms in total. The van der Waals surface area contributed by atoms with Crippen LogP contribution < -0.4 is 22.5 Å². The van der Waals surface area contributed by atoms with Crippen molar-refractivity contribution in [2.45, 2.75) is 43.8 Å². The molecular weight excluding hydrogens is 332 g/mol. The zero-order valence-corrected chi connectivity index (χ0v) is 13.9. The minimum Gasteiger partial charge on any atom is -0.480 e. The van der Waals surface area contributed by atoms with Crippen LogP contribution in [0, 0.1) is 0 Å². The molecular formula is C14H26N6O5. The number of aliphatic hydroxyl groups is 1. The number of aliphatic imine (C=N–C) groups is 1. The number of rotatable bonds is 9. The number of nitrogens with two attached hydrogens (primary N) is 3. The Hall–Kier alpha value is -2.40. The van der Waals surface area contributed by atoms with Crippen molar-refractivity contribution >= 4 is 23.7 Å². The first kappa shape index (κ1) is 20.6. The number of hydrogen-bond acceptors (Lipinski definition) is 6. The molecule has 1 fully saturated rings. The molecule has 0 radical (unpaired) electrons. The van der Waals surface area contributed by atoms with Crippen molar-refractivity contribution in [2.75, 3.05) is 19.7 Å². The summed E-state index contributed by atoms with van der Waals surface area (Å²) in [6.07, 6.45) is 1.66. The number of aliphatic carboxylic acids is 1. The van der Waals surface area contributed by atoms with E-state index in [1.54, 1.807) is 0 Å². The van der Waals surface area contributed by atoms with Crippen molar-refractivity contribution in [1.29, 1.82) is 0 Å². The molecule has 0 bridgehead atoms.